The Morgan fingerprint density at radius 1 is 0.345 bits per heavy atom. The number of esters is 3. The molecule has 1 atom stereocenters. The minimum Gasteiger partial charge on any atom is -0.462 e. The molecule has 0 aromatic heterocycles. The summed E-state index contributed by atoms with van der Waals surface area (Å²) < 4.78 is 16.8. The van der Waals surface area contributed by atoms with Crippen molar-refractivity contribution in [3.63, 3.8) is 0 Å². The third-order valence-corrected chi connectivity index (χ3v) is 11.0. The molecule has 0 aliphatic carbocycles. The molecule has 0 bridgehead atoms. The molecule has 6 nitrogen and oxygen atoms in total. The fraction of sp³-hybridized carbons (Fsp3) is 0.939. The van der Waals surface area contributed by atoms with Gasteiger partial charge in [-0.1, -0.05) is 233 Å². The van der Waals surface area contributed by atoms with E-state index in [2.05, 4.69) is 27.7 Å². The predicted molar refractivity (Wildman–Crippen MR) is 233 cm³/mol. The molecule has 0 fully saturated rings. The van der Waals surface area contributed by atoms with Gasteiger partial charge in [0.2, 0.25) is 0 Å². The second-order valence-electron chi connectivity index (χ2n) is 17.2. The molecular formula is C49H94O6. The lowest BCUT2D eigenvalue weighted by Gasteiger charge is -2.18. The van der Waals surface area contributed by atoms with Crippen LogP contribution in [0.15, 0.2) is 0 Å². The number of ether oxygens (including phenoxy) is 3. The van der Waals surface area contributed by atoms with Crippen LogP contribution in [0, 0.1) is 5.92 Å². The van der Waals surface area contributed by atoms with Gasteiger partial charge < -0.3 is 14.2 Å². The standard InChI is InChI=1S/C49H94O6/c1-5-7-9-11-13-15-17-21-25-29-33-37-41-48(51)54-44-46(43-53-47(50)40-36-32-28-24-19-16-14-12-10-8-6-2)55-49(52)42-38-34-30-26-22-18-20-23-27-31-35-39-45(3)4/h45-46H,5-44H2,1-4H3/t46-/m0/s1. The van der Waals surface area contributed by atoms with Crippen LogP contribution in [0.5, 0.6) is 0 Å². The van der Waals surface area contributed by atoms with Crippen LogP contribution < -0.4 is 0 Å². The molecule has 0 spiro atoms. The van der Waals surface area contributed by atoms with Crippen molar-refractivity contribution in [3.8, 4) is 0 Å². The van der Waals surface area contributed by atoms with E-state index in [9.17, 15) is 14.4 Å². The lowest BCUT2D eigenvalue weighted by atomic mass is 10.0. The average molecular weight is 779 g/mol. The van der Waals surface area contributed by atoms with Gasteiger partial charge >= 0.3 is 17.9 Å². The Labute approximate surface area is 342 Å². The first kappa shape index (κ1) is 53.4. The van der Waals surface area contributed by atoms with Gasteiger partial charge in [-0.3, -0.25) is 14.4 Å². The molecule has 55 heavy (non-hydrogen) atoms. The van der Waals surface area contributed by atoms with Crippen LogP contribution in [0.25, 0.3) is 0 Å². The number of hydrogen-bond acceptors (Lipinski definition) is 6. The summed E-state index contributed by atoms with van der Waals surface area (Å²) in [5.41, 5.74) is 0. The lowest BCUT2D eigenvalue weighted by molar-refractivity contribution is -0.167. The first-order valence-corrected chi connectivity index (χ1v) is 24.4. The fourth-order valence-corrected chi connectivity index (χ4v) is 7.33. The maximum absolute atomic E-state index is 12.7. The summed E-state index contributed by atoms with van der Waals surface area (Å²) in [6.45, 7) is 9.00. The van der Waals surface area contributed by atoms with Crippen molar-refractivity contribution in [3.05, 3.63) is 0 Å². The zero-order valence-corrected chi connectivity index (χ0v) is 37.4. The van der Waals surface area contributed by atoms with Crippen molar-refractivity contribution in [1.82, 2.24) is 0 Å². The molecule has 0 aliphatic rings. The number of unbranched alkanes of at least 4 members (excludes halogenated alkanes) is 31. The summed E-state index contributed by atoms with van der Waals surface area (Å²) in [5.74, 6) is -0.0246. The van der Waals surface area contributed by atoms with Crippen molar-refractivity contribution >= 4 is 17.9 Å². The van der Waals surface area contributed by atoms with Crippen molar-refractivity contribution in [2.45, 2.75) is 278 Å². The Kier molecular flexibility index (Phi) is 42.3. The highest BCUT2D eigenvalue weighted by Crippen LogP contribution is 2.16. The van der Waals surface area contributed by atoms with E-state index < -0.39 is 6.10 Å². The maximum Gasteiger partial charge on any atom is 0.306 e. The second kappa shape index (κ2) is 43.5. The molecular weight excluding hydrogens is 685 g/mol. The van der Waals surface area contributed by atoms with Gasteiger partial charge in [-0.05, 0) is 25.2 Å². The Morgan fingerprint density at radius 3 is 0.891 bits per heavy atom. The molecule has 0 unspecified atom stereocenters. The normalized spacial score (nSPS) is 11.9. The fourth-order valence-electron chi connectivity index (χ4n) is 7.33. The molecule has 0 aromatic carbocycles. The van der Waals surface area contributed by atoms with E-state index in [0.717, 1.165) is 63.7 Å². The van der Waals surface area contributed by atoms with Crippen LogP contribution in [0.1, 0.15) is 272 Å². The quantitative estimate of drug-likeness (QED) is 0.0348. The van der Waals surface area contributed by atoms with Gasteiger partial charge in [0.15, 0.2) is 6.10 Å². The van der Waals surface area contributed by atoms with E-state index >= 15 is 0 Å². The predicted octanol–water partition coefficient (Wildman–Crippen LogP) is 15.5. The Morgan fingerprint density at radius 2 is 0.600 bits per heavy atom. The summed E-state index contributed by atoms with van der Waals surface area (Å²) in [7, 11) is 0. The van der Waals surface area contributed by atoms with Crippen LogP contribution in [-0.4, -0.2) is 37.2 Å². The van der Waals surface area contributed by atoms with Crippen LogP contribution in [0.4, 0.5) is 0 Å². The molecule has 0 radical (unpaired) electrons. The minimum absolute atomic E-state index is 0.0632. The minimum atomic E-state index is -0.759. The van der Waals surface area contributed by atoms with E-state index in [0.29, 0.717) is 19.3 Å². The van der Waals surface area contributed by atoms with Gasteiger partial charge in [0, 0.05) is 19.3 Å². The van der Waals surface area contributed by atoms with Gasteiger partial charge in [-0.25, -0.2) is 0 Å². The molecule has 0 heterocycles. The van der Waals surface area contributed by atoms with Crippen LogP contribution in [-0.2, 0) is 28.6 Å². The van der Waals surface area contributed by atoms with E-state index in [1.807, 2.05) is 0 Å². The molecule has 0 saturated carbocycles. The van der Waals surface area contributed by atoms with E-state index in [1.165, 1.54) is 167 Å². The Balaban J connectivity index is 4.32. The second-order valence-corrected chi connectivity index (χ2v) is 17.2. The summed E-state index contributed by atoms with van der Waals surface area (Å²) in [6, 6.07) is 0. The van der Waals surface area contributed by atoms with Crippen LogP contribution in [0.2, 0.25) is 0 Å². The topological polar surface area (TPSA) is 78.9 Å². The Bertz CT molecular complexity index is 826. The summed E-state index contributed by atoms with van der Waals surface area (Å²) >= 11 is 0. The van der Waals surface area contributed by atoms with Crippen molar-refractivity contribution in [2.75, 3.05) is 13.2 Å². The molecule has 0 saturated heterocycles. The number of hydrogen-bond donors (Lipinski definition) is 0. The average Bonchev–Trinajstić information content (AvgIpc) is 3.17. The smallest absolute Gasteiger partial charge is 0.306 e. The van der Waals surface area contributed by atoms with E-state index in [1.54, 1.807) is 0 Å². The lowest BCUT2D eigenvalue weighted by Crippen LogP contribution is -2.30. The zero-order valence-electron chi connectivity index (χ0n) is 37.4. The van der Waals surface area contributed by atoms with Crippen LogP contribution >= 0.6 is 0 Å². The van der Waals surface area contributed by atoms with Gasteiger partial charge in [-0.15, -0.1) is 0 Å². The molecule has 0 aliphatic heterocycles. The van der Waals surface area contributed by atoms with Crippen molar-refractivity contribution in [1.29, 1.82) is 0 Å². The highest BCUT2D eigenvalue weighted by molar-refractivity contribution is 5.71. The highest BCUT2D eigenvalue weighted by Gasteiger charge is 2.19. The van der Waals surface area contributed by atoms with Crippen LogP contribution in [0.3, 0.4) is 0 Å². The number of carbonyl (C=O) groups excluding carboxylic acids is 3. The summed E-state index contributed by atoms with van der Waals surface area (Å²) in [6.07, 6.45) is 43.6. The van der Waals surface area contributed by atoms with Gasteiger partial charge in [0.05, 0.1) is 0 Å². The molecule has 0 amide bonds. The molecule has 0 aromatic rings. The SMILES string of the molecule is CCCCCCCCCCCCCCC(=O)OC[C@H](COC(=O)CCCCCCCCCCCCC)OC(=O)CCCCCCCCCCCCCC(C)C. The molecule has 0 rings (SSSR count). The summed E-state index contributed by atoms with van der Waals surface area (Å²) in [4.78, 5) is 37.8. The maximum atomic E-state index is 12.7. The Hall–Kier alpha value is -1.59. The third kappa shape index (κ3) is 43.4. The first-order chi connectivity index (χ1) is 26.9. The molecule has 6 heteroatoms. The number of rotatable bonds is 44. The van der Waals surface area contributed by atoms with Crippen molar-refractivity contribution in [2.24, 2.45) is 5.92 Å². The molecule has 326 valence electrons. The third-order valence-electron chi connectivity index (χ3n) is 11.0. The van der Waals surface area contributed by atoms with Gasteiger partial charge in [-0.2, -0.15) is 0 Å². The largest absolute Gasteiger partial charge is 0.462 e. The highest BCUT2D eigenvalue weighted by atomic mass is 16.6. The summed E-state index contributed by atoms with van der Waals surface area (Å²) in [5, 5.41) is 0. The zero-order chi connectivity index (χ0) is 40.3. The van der Waals surface area contributed by atoms with Crippen molar-refractivity contribution < 1.29 is 28.6 Å². The van der Waals surface area contributed by atoms with Gasteiger partial charge in [0.1, 0.15) is 13.2 Å². The number of carbonyl (C=O) groups is 3. The molecule has 0 N–H and O–H groups in total. The van der Waals surface area contributed by atoms with E-state index in [4.69, 9.17) is 14.2 Å². The monoisotopic (exact) mass is 779 g/mol. The first-order valence-electron chi connectivity index (χ1n) is 24.4. The van der Waals surface area contributed by atoms with E-state index in [-0.39, 0.29) is 31.1 Å². The van der Waals surface area contributed by atoms with Gasteiger partial charge in [0.25, 0.3) is 0 Å².